The number of imidazole rings is 1. The first-order chi connectivity index (χ1) is 13.3. The summed E-state index contributed by atoms with van der Waals surface area (Å²) in [6.07, 6.45) is 3.45. The topological polar surface area (TPSA) is 50.8 Å². The first kappa shape index (κ1) is 16.6. The fraction of sp³-hybridized carbons (Fsp3) is 0.0435. The SMILES string of the molecule is N#Cc1ccc(Oc2cncn2Cc2ccc(-c3ccccc3)cc2)cc1. The number of aromatic nitrogens is 2. The van der Waals surface area contributed by atoms with Gasteiger partial charge in [0.05, 0.1) is 30.7 Å². The number of benzene rings is 3. The maximum absolute atomic E-state index is 8.88. The Kier molecular flexibility index (Phi) is 4.67. The summed E-state index contributed by atoms with van der Waals surface area (Å²) in [4.78, 5) is 4.20. The van der Waals surface area contributed by atoms with Crippen LogP contribution in [0.25, 0.3) is 11.1 Å². The summed E-state index contributed by atoms with van der Waals surface area (Å²) in [5.41, 5.74) is 4.17. The maximum atomic E-state index is 8.88. The van der Waals surface area contributed by atoms with Crippen molar-refractivity contribution in [1.82, 2.24) is 9.55 Å². The summed E-state index contributed by atoms with van der Waals surface area (Å²) >= 11 is 0. The summed E-state index contributed by atoms with van der Waals surface area (Å²) < 4.78 is 7.86. The van der Waals surface area contributed by atoms with Crippen LogP contribution in [0.5, 0.6) is 11.6 Å². The van der Waals surface area contributed by atoms with E-state index in [9.17, 15) is 0 Å². The molecule has 0 saturated carbocycles. The van der Waals surface area contributed by atoms with Gasteiger partial charge in [0.2, 0.25) is 5.88 Å². The molecule has 4 nitrogen and oxygen atoms in total. The third kappa shape index (κ3) is 3.88. The van der Waals surface area contributed by atoms with E-state index in [1.807, 2.05) is 22.8 Å². The lowest BCUT2D eigenvalue weighted by atomic mass is 10.0. The van der Waals surface area contributed by atoms with E-state index in [1.165, 1.54) is 11.1 Å². The normalized spacial score (nSPS) is 10.3. The molecule has 0 spiro atoms. The fourth-order valence-electron chi connectivity index (χ4n) is 2.86. The standard InChI is InChI=1S/C23H17N3O/c24-14-18-8-12-22(13-9-18)27-23-15-25-17-26(23)16-19-6-10-21(11-7-19)20-4-2-1-3-5-20/h1-13,15,17H,16H2. The van der Waals surface area contributed by atoms with Crippen LogP contribution in [0.3, 0.4) is 0 Å². The zero-order chi connectivity index (χ0) is 18.5. The average molecular weight is 351 g/mol. The molecule has 1 aromatic heterocycles. The molecule has 0 bridgehead atoms. The van der Waals surface area contributed by atoms with Crippen LogP contribution in [0.15, 0.2) is 91.4 Å². The van der Waals surface area contributed by atoms with E-state index in [-0.39, 0.29) is 0 Å². The monoisotopic (exact) mass is 351 g/mol. The second kappa shape index (κ2) is 7.59. The Morgan fingerprint density at radius 3 is 2.26 bits per heavy atom. The molecule has 3 aromatic carbocycles. The first-order valence-electron chi connectivity index (χ1n) is 8.64. The van der Waals surface area contributed by atoms with E-state index in [0.717, 1.165) is 5.56 Å². The molecule has 0 fully saturated rings. The predicted octanol–water partition coefficient (Wildman–Crippen LogP) is 5.26. The molecule has 0 amide bonds. The molecule has 4 heteroatoms. The lowest BCUT2D eigenvalue weighted by Crippen LogP contribution is -2.00. The number of nitriles is 1. The van der Waals surface area contributed by atoms with Gasteiger partial charge in [0.15, 0.2) is 0 Å². The van der Waals surface area contributed by atoms with E-state index in [2.05, 4.69) is 47.5 Å². The van der Waals surface area contributed by atoms with E-state index in [0.29, 0.717) is 23.7 Å². The molecule has 27 heavy (non-hydrogen) atoms. The van der Waals surface area contributed by atoms with Crippen LogP contribution in [0.2, 0.25) is 0 Å². The number of hydrogen-bond acceptors (Lipinski definition) is 3. The maximum Gasteiger partial charge on any atom is 0.219 e. The van der Waals surface area contributed by atoms with E-state index < -0.39 is 0 Å². The molecule has 0 aliphatic carbocycles. The molecular formula is C23H17N3O. The molecule has 0 saturated heterocycles. The number of hydrogen-bond donors (Lipinski definition) is 0. The minimum Gasteiger partial charge on any atom is -0.439 e. The Hall–Kier alpha value is -3.84. The van der Waals surface area contributed by atoms with Crippen molar-refractivity contribution in [3.05, 3.63) is 103 Å². The van der Waals surface area contributed by atoms with Gasteiger partial charge in [0.1, 0.15) is 5.75 Å². The van der Waals surface area contributed by atoms with Crippen molar-refractivity contribution in [1.29, 1.82) is 5.26 Å². The Labute approximate surface area is 157 Å². The van der Waals surface area contributed by atoms with Gasteiger partial charge >= 0.3 is 0 Å². The molecule has 0 aliphatic heterocycles. The predicted molar refractivity (Wildman–Crippen MR) is 104 cm³/mol. The third-order valence-corrected chi connectivity index (χ3v) is 4.29. The minimum absolute atomic E-state index is 0.606. The second-order valence-electron chi connectivity index (χ2n) is 6.16. The molecule has 0 aliphatic rings. The lowest BCUT2D eigenvalue weighted by molar-refractivity contribution is 0.436. The van der Waals surface area contributed by atoms with Crippen molar-refractivity contribution in [3.63, 3.8) is 0 Å². The van der Waals surface area contributed by atoms with Gasteiger partial charge in [-0.05, 0) is 41.0 Å². The quantitative estimate of drug-likeness (QED) is 0.493. The minimum atomic E-state index is 0.606. The summed E-state index contributed by atoms with van der Waals surface area (Å²) in [6.45, 7) is 0.667. The molecule has 130 valence electrons. The van der Waals surface area contributed by atoms with Crippen molar-refractivity contribution >= 4 is 0 Å². The van der Waals surface area contributed by atoms with Crippen LogP contribution in [0.1, 0.15) is 11.1 Å². The Morgan fingerprint density at radius 1 is 0.852 bits per heavy atom. The number of ether oxygens (including phenoxy) is 1. The summed E-state index contributed by atoms with van der Waals surface area (Å²) in [7, 11) is 0. The smallest absolute Gasteiger partial charge is 0.219 e. The molecule has 0 unspecified atom stereocenters. The van der Waals surface area contributed by atoms with Gasteiger partial charge in [-0.1, -0.05) is 54.6 Å². The van der Waals surface area contributed by atoms with Crippen molar-refractivity contribution in [2.75, 3.05) is 0 Å². The molecule has 1 heterocycles. The molecule has 4 rings (SSSR count). The summed E-state index contributed by atoms with van der Waals surface area (Å²) in [5, 5.41) is 8.88. The fourth-order valence-corrected chi connectivity index (χ4v) is 2.86. The zero-order valence-electron chi connectivity index (χ0n) is 14.6. The molecular weight excluding hydrogens is 334 g/mol. The molecule has 0 atom stereocenters. The van der Waals surface area contributed by atoms with Crippen LogP contribution in [-0.4, -0.2) is 9.55 Å². The highest BCUT2D eigenvalue weighted by molar-refractivity contribution is 5.63. The van der Waals surface area contributed by atoms with Gasteiger partial charge in [0, 0.05) is 0 Å². The Bertz CT molecular complexity index is 1060. The first-order valence-corrected chi connectivity index (χ1v) is 8.64. The van der Waals surface area contributed by atoms with Crippen LogP contribution >= 0.6 is 0 Å². The van der Waals surface area contributed by atoms with E-state index >= 15 is 0 Å². The zero-order valence-corrected chi connectivity index (χ0v) is 14.6. The van der Waals surface area contributed by atoms with Crippen LogP contribution < -0.4 is 4.74 Å². The van der Waals surface area contributed by atoms with Crippen molar-refractivity contribution in [2.45, 2.75) is 6.54 Å². The third-order valence-electron chi connectivity index (χ3n) is 4.29. The average Bonchev–Trinajstić information content (AvgIpc) is 3.16. The van der Waals surface area contributed by atoms with Crippen LogP contribution in [-0.2, 0) is 6.54 Å². The molecule has 0 radical (unpaired) electrons. The largest absolute Gasteiger partial charge is 0.439 e. The number of nitrogens with zero attached hydrogens (tertiary/aromatic N) is 3. The van der Waals surface area contributed by atoms with Crippen LogP contribution in [0.4, 0.5) is 0 Å². The van der Waals surface area contributed by atoms with Crippen molar-refractivity contribution in [2.24, 2.45) is 0 Å². The Balaban J connectivity index is 1.49. The Morgan fingerprint density at radius 2 is 1.56 bits per heavy atom. The van der Waals surface area contributed by atoms with E-state index in [4.69, 9.17) is 10.00 Å². The highest BCUT2D eigenvalue weighted by atomic mass is 16.5. The van der Waals surface area contributed by atoms with Gasteiger partial charge in [-0.15, -0.1) is 0 Å². The number of rotatable bonds is 5. The summed E-state index contributed by atoms with van der Waals surface area (Å²) in [5.74, 6) is 1.34. The van der Waals surface area contributed by atoms with Crippen LogP contribution in [0, 0.1) is 11.3 Å². The van der Waals surface area contributed by atoms with Gasteiger partial charge in [-0.3, -0.25) is 4.57 Å². The lowest BCUT2D eigenvalue weighted by Gasteiger charge is -2.10. The van der Waals surface area contributed by atoms with Crippen molar-refractivity contribution in [3.8, 4) is 28.8 Å². The second-order valence-corrected chi connectivity index (χ2v) is 6.16. The highest BCUT2D eigenvalue weighted by Crippen LogP contribution is 2.23. The van der Waals surface area contributed by atoms with Gasteiger partial charge in [-0.25, -0.2) is 4.98 Å². The van der Waals surface area contributed by atoms with Gasteiger partial charge < -0.3 is 4.74 Å². The highest BCUT2D eigenvalue weighted by Gasteiger charge is 2.06. The summed E-state index contributed by atoms with van der Waals surface area (Å²) in [6, 6.07) is 27.9. The van der Waals surface area contributed by atoms with E-state index in [1.54, 1.807) is 36.8 Å². The molecule has 4 aromatic rings. The van der Waals surface area contributed by atoms with Crippen molar-refractivity contribution < 1.29 is 4.74 Å². The molecule has 0 N–H and O–H groups in total. The van der Waals surface area contributed by atoms with Gasteiger partial charge in [0.25, 0.3) is 0 Å². The van der Waals surface area contributed by atoms with Gasteiger partial charge in [-0.2, -0.15) is 5.26 Å².